The molecule has 2 aromatic carbocycles. The summed E-state index contributed by atoms with van der Waals surface area (Å²) in [6, 6.07) is 7.05. The van der Waals surface area contributed by atoms with Crippen LogP contribution in [0.2, 0.25) is 5.02 Å². The number of ether oxygens (including phenoxy) is 2. The number of anilines is 1. The lowest BCUT2D eigenvalue weighted by atomic mass is 9.94. The Labute approximate surface area is 283 Å². The third kappa shape index (κ3) is 7.26. The Morgan fingerprint density at radius 2 is 2.06 bits per heavy atom. The van der Waals surface area contributed by atoms with Crippen molar-refractivity contribution in [3.8, 4) is 17.2 Å². The third-order valence-electron chi connectivity index (χ3n) is 9.13. The van der Waals surface area contributed by atoms with Gasteiger partial charge in [-0.1, -0.05) is 24.6 Å². The SMILES string of the molecule is CC/C=C(/N=C(\c1cc(Cl)c(-c2ccc(F)c3sc(N)c(C#N)c23)c(F)c1C)N1CCOCCC1C)OC.FC1CC2CCCN2C1. The molecule has 2 N–H and O–H groups in total. The van der Waals surface area contributed by atoms with Crippen molar-refractivity contribution in [2.75, 3.05) is 45.7 Å². The average molecular weight is 688 g/mol. The van der Waals surface area contributed by atoms with E-state index >= 15 is 4.39 Å². The molecule has 3 aromatic rings. The normalized spacial score (nSPS) is 22.1. The molecule has 3 atom stereocenters. The zero-order chi connectivity index (χ0) is 33.8. The van der Waals surface area contributed by atoms with E-state index in [4.69, 9.17) is 31.8 Å². The summed E-state index contributed by atoms with van der Waals surface area (Å²) >= 11 is 7.73. The standard InChI is InChI=1S/C28H29ClF2N4O2S.C7H12FN/c1-5-6-22(36-4)34-28(35-10-12-37-11-9-15(35)2)18-13-20(29)24(25(31)16(18)3)17-7-8-21(30)26-23(17)19(14-32)27(33)38-26;8-6-4-7-2-1-3-9(7)5-6/h6-8,13,15H,5,9-12,33H2,1-4H3;6-7H,1-5H2/b22-6-,34-28+;. The first-order chi connectivity index (χ1) is 22.6. The maximum Gasteiger partial charge on any atom is 0.210 e. The van der Waals surface area contributed by atoms with Gasteiger partial charge in [0.2, 0.25) is 5.88 Å². The smallest absolute Gasteiger partial charge is 0.210 e. The highest BCUT2D eigenvalue weighted by atomic mass is 35.5. The number of nitriles is 1. The largest absolute Gasteiger partial charge is 0.481 e. The molecule has 252 valence electrons. The Morgan fingerprint density at radius 1 is 1.28 bits per heavy atom. The van der Waals surface area contributed by atoms with Crippen LogP contribution >= 0.6 is 22.9 Å². The van der Waals surface area contributed by atoms with Gasteiger partial charge in [-0.2, -0.15) is 10.3 Å². The molecule has 1 aromatic heterocycles. The van der Waals surface area contributed by atoms with Gasteiger partial charge in [-0.3, -0.25) is 4.90 Å². The van der Waals surface area contributed by atoms with Gasteiger partial charge < -0.3 is 20.1 Å². The number of benzene rings is 2. The van der Waals surface area contributed by atoms with Crippen molar-refractivity contribution in [1.29, 1.82) is 5.26 Å². The molecule has 47 heavy (non-hydrogen) atoms. The molecular weight excluding hydrogens is 647 g/mol. The Balaban J connectivity index is 0.000000410. The van der Waals surface area contributed by atoms with Crippen molar-refractivity contribution in [2.24, 2.45) is 4.99 Å². The molecule has 3 saturated heterocycles. The molecule has 12 heteroatoms. The van der Waals surface area contributed by atoms with E-state index in [9.17, 15) is 14.0 Å². The van der Waals surface area contributed by atoms with Crippen LogP contribution in [0.3, 0.4) is 0 Å². The molecule has 3 aliphatic heterocycles. The van der Waals surface area contributed by atoms with Crippen LogP contribution in [0.15, 0.2) is 35.2 Å². The number of amidine groups is 1. The number of halogens is 4. The molecule has 0 amide bonds. The van der Waals surface area contributed by atoms with E-state index in [0.717, 1.165) is 30.7 Å². The number of nitrogens with zero attached hydrogens (tertiary/aromatic N) is 4. The molecule has 0 saturated carbocycles. The molecular formula is C35H41ClF3N5O2S. The van der Waals surface area contributed by atoms with Gasteiger partial charge in [0.05, 0.1) is 29.0 Å². The monoisotopic (exact) mass is 687 g/mol. The number of alkyl halides is 1. The van der Waals surface area contributed by atoms with Gasteiger partial charge in [0, 0.05) is 48.3 Å². The molecule has 0 spiro atoms. The van der Waals surface area contributed by atoms with E-state index in [1.807, 2.05) is 19.1 Å². The third-order valence-corrected chi connectivity index (χ3v) is 10.5. The van der Waals surface area contributed by atoms with Gasteiger partial charge in [0.1, 0.15) is 34.7 Å². The van der Waals surface area contributed by atoms with Gasteiger partial charge in [-0.15, -0.1) is 11.3 Å². The Morgan fingerprint density at radius 3 is 2.77 bits per heavy atom. The molecule has 3 unspecified atom stereocenters. The van der Waals surface area contributed by atoms with Crippen molar-refractivity contribution < 1.29 is 22.6 Å². The summed E-state index contributed by atoms with van der Waals surface area (Å²) in [6.45, 7) is 9.23. The van der Waals surface area contributed by atoms with Crippen LogP contribution in [0.25, 0.3) is 21.2 Å². The summed E-state index contributed by atoms with van der Waals surface area (Å²) in [5, 5.41) is 10.2. The lowest BCUT2D eigenvalue weighted by Gasteiger charge is -2.31. The van der Waals surface area contributed by atoms with Crippen LogP contribution in [-0.4, -0.2) is 73.8 Å². The maximum absolute atomic E-state index is 16.3. The zero-order valence-corrected chi connectivity index (χ0v) is 28.8. The van der Waals surface area contributed by atoms with Gasteiger partial charge in [-0.05, 0) is 81.8 Å². The van der Waals surface area contributed by atoms with Crippen LogP contribution in [0.5, 0.6) is 0 Å². The molecule has 0 radical (unpaired) electrons. The zero-order valence-electron chi connectivity index (χ0n) is 27.2. The summed E-state index contributed by atoms with van der Waals surface area (Å²) in [4.78, 5) is 9.16. The molecule has 7 nitrogen and oxygen atoms in total. The predicted molar refractivity (Wildman–Crippen MR) is 184 cm³/mol. The summed E-state index contributed by atoms with van der Waals surface area (Å²) in [6.07, 6.45) is 6.14. The van der Waals surface area contributed by atoms with Crippen molar-refractivity contribution in [1.82, 2.24) is 9.80 Å². The van der Waals surface area contributed by atoms with Crippen LogP contribution < -0.4 is 5.73 Å². The van der Waals surface area contributed by atoms with Crippen LogP contribution in [-0.2, 0) is 9.47 Å². The fourth-order valence-corrected chi connectivity index (χ4v) is 7.92. The second-order valence-corrected chi connectivity index (χ2v) is 13.6. The number of aliphatic imine (C=N–C) groups is 1. The van der Waals surface area contributed by atoms with Gasteiger partial charge >= 0.3 is 0 Å². The number of fused-ring (bicyclic) bond motifs is 2. The topological polar surface area (TPSA) is 87.1 Å². The van der Waals surface area contributed by atoms with Gasteiger partial charge in [0.15, 0.2) is 0 Å². The number of nitrogen functional groups attached to an aromatic ring is 1. The number of nitrogens with two attached hydrogens (primary N) is 1. The maximum atomic E-state index is 16.3. The second kappa shape index (κ2) is 15.3. The lowest BCUT2D eigenvalue weighted by molar-refractivity contribution is 0.147. The van der Waals surface area contributed by atoms with Crippen molar-refractivity contribution >= 4 is 43.9 Å². The van der Waals surface area contributed by atoms with Gasteiger partial charge in [-0.25, -0.2) is 13.2 Å². The summed E-state index contributed by atoms with van der Waals surface area (Å²) in [5.41, 5.74) is 7.30. The molecule has 0 bridgehead atoms. The molecule has 6 rings (SSSR count). The summed E-state index contributed by atoms with van der Waals surface area (Å²) < 4.78 is 54.9. The minimum absolute atomic E-state index is 0.0700. The fraction of sp³-hybridized carbons (Fsp3) is 0.486. The summed E-state index contributed by atoms with van der Waals surface area (Å²) in [7, 11) is 1.54. The van der Waals surface area contributed by atoms with E-state index in [2.05, 4.69) is 16.7 Å². The molecule has 3 aliphatic rings. The van der Waals surface area contributed by atoms with Crippen molar-refractivity contribution in [3.05, 3.63) is 63.5 Å². The minimum Gasteiger partial charge on any atom is -0.481 e. The van der Waals surface area contributed by atoms with E-state index in [0.29, 0.717) is 67.2 Å². The van der Waals surface area contributed by atoms with E-state index < -0.39 is 17.8 Å². The van der Waals surface area contributed by atoms with Crippen molar-refractivity contribution in [2.45, 2.75) is 71.1 Å². The highest BCUT2D eigenvalue weighted by Gasteiger charge is 2.35. The molecule has 4 heterocycles. The Kier molecular flexibility index (Phi) is 11.4. The Hall–Kier alpha value is -3.30. The minimum atomic E-state index is -0.584. The van der Waals surface area contributed by atoms with E-state index in [1.54, 1.807) is 20.1 Å². The lowest BCUT2D eigenvalue weighted by Crippen LogP contribution is -2.40. The first-order valence-electron chi connectivity index (χ1n) is 16.0. The second-order valence-electron chi connectivity index (χ2n) is 12.1. The quantitative estimate of drug-likeness (QED) is 0.165. The van der Waals surface area contributed by atoms with Crippen LogP contribution in [0.1, 0.15) is 62.6 Å². The number of methoxy groups -OCH3 is 1. The van der Waals surface area contributed by atoms with Gasteiger partial charge in [0.25, 0.3) is 0 Å². The first-order valence-corrected chi connectivity index (χ1v) is 17.2. The molecule has 3 fully saturated rings. The Bertz CT molecular complexity index is 1710. The van der Waals surface area contributed by atoms with E-state index in [-0.39, 0.29) is 37.3 Å². The number of hydrogen-bond donors (Lipinski definition) is 1. The fourth-order valence-electron chi connectivity index (χ4n) is 6.67. The van der Waals surface area contributed by atoms with Crippen LogP contribution in [0.4, 0.5) is 18.2 Å². The van der Waals surface area contributed by atoms with Crippen LogP contribution in [0, 0.1) is 29.9 Å². The average Bonchev–Trinajstić information content (AvgIpc) is 3.68. The number of hydrogen-bond acceptors (Lipinski definition) is 7. The highest BCUT2D eigenvalue weighted by molar-refractivity contribution is 7.23. The molecule has 0 aliphatic carbocycles. The first kappa shape index (κ1) is 35.0. The highest BCUT2D eigenvalue weighted by Crippen LogP contribution is 2.44. The van der Waals surface area contributed by atoms with Crippen molar-refractivity contribution in [3.63, 3.8) is 0 Å². The number of rotatable bonds is 5. The summed E-state index contributed by atoms with van der Waals surface area (Å²) in [5.74, 6) is -0.184. The number of allylic oxidation sites excluding steroid dienone is 1. The van der Waals surface area contributed by atoms with E-state index in [1.165, 1.54) is 25.0 Å². The predicted octanol–water partition coefficient (Wildman–Crippen LogP) is 8.21. The number of thiophene rings is 1.